The van der Waals surface area contributed by atoms with Gasteiger partial charge >= 0.3 is 5.69 Å². The van der Waals surface area contributed by atoms with E-state index in [1.807, 2.05) is 13.0 Å². The standard InChI is InChI=1S/C29H25Cl2N5O4/c1-17(18-7-9-19(10-8-18)27(38)32-15-16-37)35-26-24(28(39)34(2)29(35)40)36(21-13-11-20(30)12-14-21)25(33-26)22-5-3-4-6-23(22)31/h3-14,17,37H,15-16H2,1-2H3,(H,32,38). The molecule has 2 aromatic heterocycles. The Kier molecular flexibility index (Phi) is 7.62. The van der Waals surface area contributed by atoms with Crippen molar-refractivity contribution in [2.45, 2.75) is 13.0 Å². The number of aromatic nitrogens is 4. The molecule has 1 atom stereocenters. The van der Waals surface area contributed by atoms with Gasteiger partial charge in [0.1, 0.15) is 5.82 Å². The summed E-state index contributed by atoms with van der Waals surface area (Å²) in [6.45, 7) is 1.81. The summed E-state index contributed by atoms with van der Waals surface area (Å²) in [6, 6.07) is 20.3. The molecule has 0 aliphatic heterocycles. The van der Waals surface area contributed by atoms with Crippen LogP contribution in [-0.2, 0) is 7.05 Å². The van der Waals surface area contributed by atoms with Crippen LogP contribution in [0.1, 0.15) is 28.9 Å². The van der Waals surface area contributed by atoms with Crippen LogP contribution in [0.25, 0.3) is 28.2 Å². The van der Waals surface area contributed by atoms with Crippen molar-refractivity contribution < 1.29 is 9.90 Å². The molecule has 2 heterocycles. The lowest BCUT2D eigenvalue weighted by atomic mass is 10.1. The first-order chi connectivity index (χ1) is 19.2. The molecule has 204 valence electrons. The highest BCUT2D eigenvalue weighted by Crippen LogP contribution is 2.33. The van der Waals surface area contributed by atoms with Crippen LogP contribution >= 0.6 is 23.2 Å². The normalized spacial score (nSPS) is 12.0. The molecule has 0 spiro atoms. The quantitative estimate of drug-likeness (QED) is 0.301. The van der Waals surface area contributed by atoms with E-state index in [4.69, 9.17) is 33.3 Å². The third-order valence-corrected chi connectivity index (χ3v) is 7.31. The summed E-state index contributed by atoms with van der Waals surface area (Å²) in [5.74, 6) is 0.0727. The van der Waals surface area contributed by atoms with Gasteiger partial charge in [0, 0.05) is 35.4 Å². The summed E-state index contributed by atoms with van der Waals surface area (Å²) in [5.41, 5.74) is 1.68. The van der Waals surface area contributed by atoms with E-state index in [-0.39, 0.29) is 30.2 Å². The predicted molar refractivity (Wildman–Crippen MR) is 156 cm³/mol. The molecule has 1 amide bonds. The molecule has 0 saturated carbocycles. The highest BCUT2D eigenvalue weighted by atomic mass is 35.5. The van der Waals surface area contributed by atoms with Crippen LogP contribution in [0, 0.1) is 0 Å². The highest BCUT2D eigenvalue weighted by molar-refractivity contribution is 6.33. The van der Waals surface area contributed by atoms with Crippen molar-refractivity contribution in [3.05, 3.63) is 115 Å². The molecule has 9 nitrogen and oxygen atoms in total. The number of halogens is 2. The van der Waals surface area contributed by atoms with Gasteiger partial charge in [0.2, 0.25) is 0 Å². The topological polar surface area (TPSA) is 111 Å². The van der Waals surface area contributed by atoms with Gasteiger partial charge in [0.15, 0.2) is 11.2 Å². The minimum absolute atomic E-state index is 0.145. The van der Waals surface area contributed by atoms with Crippen LogP contribution in [0.2, 0.25) is 10.0 Å². The average molecular weight is 578 g/mol. The SMILES string of the molecule is CC(c1ccc(C(=O)NCCO)cc1)n1c(=O)n(C)c(=O)c2c1nc(-c1ccccc1Cl)n2-c1ccc(Cl)cc1. The lowest BCUT2D eigenvalue weighted by Gasteiger charge is -2.18. The van der Waals surface area contributed by atoms with E-state index in [9.17, 15) is 14.4 Å². The molecule has 0 radical (unpaired) electrons. The van der Waals surface area contributed by atoms with Crippen molar-refractivity contribution in [3.8, 4) is 17.1 Å². The lowest BCUT2D eigenvalue weighted by Crippen LogP contribution is -2.40. The van der Waals surface area contributed by atoms with E-state index < -0.39 is 17.3 Å². The van der Waals surface area contributed by atoms with Crippen LogP contribution in [0.3, 0.4) is 0 Å². The Morgan fingerprint density at radius 3 is 2.33 bits per heavy atom. The molecule has 1 unspecified atom stereocenters. The fraction of sp³-hybridized carbons (Fsp3) is 0.172. The van der Waals surface area contributed by atoms with E-state index >= 15 is 0 Å². The van der Waals surface area contributed by atoms with Gasteiger partial charge < -0.3 is 10.4 Å². The fourth-order valence-electron chi connectivity index (χ4n) is 4.61. The van der Waals surface area contributed by atoms with Gasteiger partial charge in [-0.25, -0.2) is 9.78 Å². The third-order valence-electron chi connectivity index (χ3n) is 6.73. The molecule has 3 aromatic carbocycles. The number of carbonyl (C=O) groups excluding carboxylic acids is 1. The van der Waals surface area contributed by atoms with Crippen molar-refractivity contribution in [2.24, 2.45) is 7.05 Å². The van der Waals surface area contributed by atoms with E-state index in [1.165, 1.54) is 11.6 Å². The van der Waals surface area contributed by atoms with Gasteiger partial charge in [-0.1, -0.05) is 47.5 Å². The number of aliphatic hydroxyl groups excluding tert-OH is 1. The maximum atomic E-state index is 13.6. The average Bonchev–Trinajstić information content (AvgIpc) is 3.35. The van der Waals surface area contributed by atoms with Crippen LogP contribution in [0.4, 0.5) is 0 Å². The largest absolute Gasteiger partial charge is 0.395 e. The van der Waals surface area contributed by atoms with E-state index in [1.54, 1.807) is 71.3 Å². The highest BCUT2D eigenvalue weighted by Gasteiger charge is 2.26. The smallest absolute Gasteiger partial charge is 0.333 e. The van der Waals surface area contributed by atoms with Crippen LogP contribution in [0.5, 0.6) is 0 Å². The van der Waals surface area contributed by atoms with E-state index in [0.717, 1.165) is 10.1 Å². The number of imidazole rings is 1. The number of aliphatic hydroxyl groups is 1. The number of hydrogen-bond acceptors (Lipinski definition) is 5. The van der Waals surface area contributed by atoms with Crippen LogP contribution in [-0.4, -0.2) is 42.9 Å². The molecule has 0 aliphatic carbocycles. The molecule has 2 N–H and O–H groups in total. The molecule has 0 fully saturated rings. The fourth-order valence-corrected chi connectivity index (χ4v) is 4.96. The zero-order valence-electron chi connectivity index (χ0n) is 21.6. The van der Waals surface area contributed by atoms with Crippen molar-refractivity contribution >= 4 is 40.3 Å². The molecular weight excluding hydrogens is 553 g/mol. The van der Waals surface area contributed by atoms with Gasteiger partial charge in [-0.05, 0) is 61.0 Å². The number of fused-ring (bicyclic) bond motifs is 1. The Morgan fingerprint density at radius 2 is 1.68 bits per heavy atom. The predicted octanol–water partition coefficient (Wildman–Crippen LogP) is 4.19. The second-order valence-electron chi connectivity index (χ2n) is 9.19. The Labute approximate surface area is 238 Å². The summed E-state index contributed by atoms with van der Waals surface area (Å²) in [7, 11) is 1.43. The monoisotopic (exact) mass is 577 g/mol. The Morgan fingerprint density at radius 1 is 1.00 bits per heavy atom. The van der Waals surface area contributed by atoms with Crippen LogP contribution < -0.4 is 16.6 Å². The maximum Gasteiger partial charge on any atom is 0.333 e. The molecule has 0 saturated heterocycles. The summed E-state index contributed by atoms with van der Waals surface area (Å²) < 4.78 is 4.21. The summed E-state index contributed by atoms with van der Waals surface area (Å²) in [5, 5.41) is 12.5. The molecule has 0 bridgehead atoms. The second-order valence-corrected chi connectivity index (χ2v) is 10.0. The van der Waals surface area contributed by atoms with E-state index in [2.05, 4.69) is 5.32 Å². The maximum absolute atomic E-state index is 13.6. The van der Waals surface area contributed by atoms with Crippen molar-refractivity contribution in [1.29, 1.82) is 0 Å². The molecule has 0 aliphatic rings. The Hall–Kier alpha value is -4.18. The van der Waals surface area contributed by atoms with Gasteiger partial charge in [0.05, 0.1) is 17.7 Å². The number of benzene rings is 3. The third kappa shape index (κ3) is 4.83. The zero-order chi connectivity index (χ0) is 28.6. The summed E-state index contributed by atoms with van der Waals surface area (Å²) in [6.07, 6.45) is 0. The first kappa shape index (κ1) is 27.4. The minimum Gasteiger partial charge on any atom is -0.395 e. The number of nitrogens with zero attached hydrogens (tertiary/aromatic N) is 4. The molecular formula is C29H25Cl2N5O4. The van der Waals surface area contributed by atoms with Gasteiger partial charge in [0.25, 0.3) is 11.5 Å². The van der Waals surface area contributed by atoms with Gasteiger partial charge in [-0.3, -0.25) is 23.3 Å². The van der Waals surface area contributed by atoms with Crippen molar-refractivity contribution in [1.82, 2.24) is 24.0 Å². The molecule has 11 heteroatoms. The van der Waals surface area contributed by atoms with E-state index in [0.29, 0.717) is 32.7 Å². The number of amides is 1. The number of hydrogen-bond donors (Lipinski definition) is 2. The zero-order valence-corrected chi connectivity index (χ0v) is 23.1. The number of nitrogens with one attached hydrogen (secondary N) is 1. The number of carbonyl (C=O) groups is 1. The van der Waals surface area contributed by atoms with Crippen molar-refractivity contribution in [3.63, 3.8) is 0 Å². The summed E-state index contributed by atoms with van der Waals surface area (Å²) >= 11 is 12.7. The Bertz CT molecular complexity index is 1840. The molecule has 5 rings (SSSR count). The Balaban J connectivity index is 1.76. The van der Waals surface area contributed by atoms with Gasteiger partial charge in [-0.15, -0.1) is 0 Å². The minimum atomic E-state index is -0.552. The first-order valence-corrected chi connectivity index (χ1v) is 13.2. The first-order valence-electron chi connectivity index (χ1n) is 12.5. The number of rotatable bonds is 7. The second kappa shape index (κ2) is 11.1. The summed E-state index contributed by atoms with van der Waals surface area (Å²) in [4.78, 5) is 44.3. The van der Waals surface area contributed by atoms with Crippen molar-refractivity contribution in [2.75, 3.05) is 13.2 Å². The molecule has 40 heavy (non-hydrogen) atoms. The van der Waals surface area contributed by atoms with Gasteiger partial charge in [-0.2, -0.15) is 0 Å². The lowest BCUT2D eigenvalue weighted by molar-refractivity contribution is 0.0944. The molecule has 5 aromatic rings. The van der Waals surface area contributed by atoms with Crippen LogP contribution in [0.15, 0.2) is 82.4 Å².